The van der Waals surface area contributed by atoms with Gasteiger partial charge in [0, 0.05) is 20.1 Å². The molecule has 1 N–H and O–H groups in total. The van der Waals surface area contributed by atoms with E-state index in [-0.39, 0.29) is 17.5 Å². The number of hydrogen-bond acceptors (Lipinski definition) is 5. The Bertz CT molecular complexity index is 950. The minimum absolute atomic E-state index is 0.124. The van der Waals surface area contributed by atoms with Gasteiger partial charge in [0.15, 0.2) is 5.65 Å². The van der Waals surface area contributed by atoms with Gasteiger partial charge in [-0.2, -0.15) is 5.10 Å². The number of benzene rings is 1. The Labute approximate surface area is 143 Å². The zero-order chi connectivity index (χ0) is 17.4. The molecular formula is C17H18FN5O2. The molecule has 3 aromatic rings. The lowest BCUT2D eigenvalue weighted by molar-refractivity contribution is -0.0336. The molecule has 1 fully saturated rings. The molecule has 130 valence electrons. The quantitative estimate of drug-likeness (QED) is 0.777. The first-order chi connectivity index (χ1) is 12.1. The largest absolute Gasteiger partial charge is 0.371 e. The van der Waals surface area contributed by atoms with Gasteiger partial charge in [0.05, 0.1) is 25.5 Å². The van der Waals surface area contributed by atoms with Crippen molar-refractivity contribution in [2.45, 2.75) is 12.6 Å². The summed E-state index contributed by atoms with van der Waals surface area (Å²) in [6.45, 7) is 2.47. The maximum atomic E-state index is 13.1. The molecule has 2 aromatic heterocycles. The summed E-state index contributed by atoms with van der Waals surface area (Å²) in [7, 11) is 1.76. The highest BCUT2D eigenvalue weighted by Gasteiger charge is 2.23. The third kappa shape index (κ3) is 3.18. The standard InChI is InChI=1S/C17H18FN5O2/c1-22-16-13(8-19-22)17(24)21-15(20-16)10-23-6-7-25-14(9-23)11-2-4-12(18)5-3-11/h2-5,8,14H,6-7,9-10H2,1H3,(H,20,21,24)/t14-/m1/s1. The first-order valence-electron chi connectivity index (χ1n) is 8.10. The summed E-state index contributed by atoms with van der Waals surface area (Å²) in [4.78, 5) is 21.6. The summed E-state index contributed by atoms with van der Waals surface area (Å²) in [5.41, 5.74) is 1.33. The number of ether oxygens (including phenoxy) is 1. The second kappa shape index (κ2) is 6.38. The second-order valence-electron chi connectivity index (χ2n) is 6.16. The Hall–Kier alpha value is -2.58. The molecule has 25 heavy (non-hydrogen) atoms. The van der Waals surface area contributed by atoms with E-state index in [1.165, 1.54) is 18.3 Å². The van der Waals surface area contributed by atoms with Crippen molar-refractivity contribution in [3.63, 3.8) is 0 Å². The highest BCUT2D eigenvalue weighted by molar-refractivity contribution is 5.72. The number of fused-ring (bicyclic) bond motifs is 1. The zero-order valence-electron chi connectivity index (χ0n) is 13.8. The molecule has 0 aliphatic carbocycles. The Morgan fingerprint density at radius 1 is 1.36 bits per heavy atom. The molecule has 4 rings (SSSR count). The summed E-state index contributed by atoms with van der Waals surface area (Å²) in [6.07, 6.45) is 1.39. The van der Waals surface area contributed by atoms with Crippen LogP contribution in [0.2, 0.25) is 0 Å². The van der Waals surface area contributed by atoms with Gasteiger partial charge in [0.1, 0.15) is 17.0 Å². The van der Waals surface area contributed by atoms with Crippen molar-refractivity contribution in [1.29, 1.82) is 0 Å². The van der Waals surface area contributed by atoms with Crippen LogP contribution in [0.25, 0.3) is 11.0 Å². The van der Waals surface area contributed by atoms with Gasteiger partial charge >= 0.3 is 0 Å². The highest BCUT2D eigenvalue weighted by atomic mass is 19.1. The number of hydrogen-bond donors (Lipinski definition) is 1. The summed E-state index contributed by atoms with van der Waals surface area (Å²) in [6, 6.07) is 6.36. The molecule has 1 atom stereocenters. The van der Waals surface area contributed by atoms with Gasteiger partial charge in [-0.3, -0.25) is 14.4 Å². The number of aromatic nitrogens is 4. The Morgan fingerprint density at radius 2 is 2.16 bits per heavy atom. The zero-order valence-corrected chi connectivity index (χ0v) is 13.8. The van der Waals surface area contributed by atoms with Crippen molar-refractivity contribution >= 4 is 11.0 Å². The van der Waals surface area contributed by atoms with E-state index < -0.39 is 0 Å². The fourth-order valence-corrected chi connectivity index (χ4v) is 3.09. The van der Waals surface area contributed by atoms with Crippen LogP contribution in [0.1, 0.15) is 17.5 Å². The van der Waals surface area contributed by atoms with Crippen molar-refractivity contribution in [2.24, 2.45) is 7.05 Å². The Balaban J connectivity index is 1.53. The lowest BCUT2D eigenvalue weighted by atomic mass is 10.1. The summed E-state index contributed by atoms with van der Waals surface area (Å²) < 4.78 is 20.5. The van der Waals surface area contributed by atoms with E-state index in [9.17, 15) is 9.18 Å². The number of morpholine rings is 1. The fourth-order valence-electron chi connectivity index (χ4n) is 3.09. The van der Waals surface area contributed by atoms with Crippen molar-refractivity contribution in [3.05, 3.63) is 58.0 Å². The molecule has 1 aliphatic rings. The van der Waals surface area contributed by atoms with Crippen molar-refractivity contribution in [1.82, 2.24) is 24.6 Å². The molecule has 0 radical (unpaired) electrons. The first kappa shape index (κ1) is 15.9. The van der Waals surface area contributed by atoms with E-state index in [4.69, 9.17) is 4.74 Å². The van der Waals surface area contributed by atoms with Crippen LogP contribution in [0.15, 0.2) is 35.3 Å². The topological polar surface area (TPSA) is 76.0 Å². The van der Waals surface area contributed by atoms with Gasteiger partial charge in [-0.05, 0) is 17.7 Å². The molecule has 7 nitrogen and oxygen atoms in total. The molecule has 1 aliphatic heterocycles. The molecule has 3 heterocycles. The number of H-pyrrole nitrogens is 1. The summed E-state index contributed by atoms with van der Waals surface area (Å²) in [5, 5.41) is 4.56. The minimum atomic E-state index is -0.261. The van der Waals surface area contributed by atoms with Gasteiger partial charge in [-0.15, -0.1) is 0 Å². The van der Waals surface area contributed by atoms with Gasteiger partial charge in [-0.25, -0.2) is 9.37 Å². The average molecular weight is 343 g/mol. The van der Waals surface area contributed by atoms with Crippen LogP contribution >= 0.6 is 0 Å². The third-order valence-electron chi connectivity index (χ3n) is 4.42. The molecule has 0 bridgehead atoms. The number of aryl methyl sites for hydroxylation is 1. The molecule has 1 saturated heterocycles. The van der Waals surface area contributed by atoms with E-state index in [0.717, 1.165) is 12.1 Å². The maximum absolute atomic E-state index is 13.1. The lowest BCUT2D eigenvalue weighted by Crippen LogP contribution is -2.38. The Kier molecular flexibility index (Phi) is 4.06. The highest BCUT2D eigenvalue weighted by Crippen LogP contribution is 2.23. The molecular weight excluding hydrogens is 325 g/mol. The molecule has 1 aromatic carbocycles. The van der Waals surface area contributed by atoms with Gasteiger partial charge < -0.3 is 9.72 Å². The van der Waals surface area contributed by atoms with Crippen LogP contribution in [0.3, 0.4) is 0 Å². The maximum Gasteiger partial charge on any atom is 0.262 e. The van der Waals surface area contributed by atoms with Crippen molar-refractivity contribution < 1.29 is 9.13 Å². The van der Waals surface area contributed by atoms with Crippen LogP contribution in [0.4, 0.5) is 4.39 Å². The lowest BCUT2D eigenvalue weighted by Gasteiger charge is -2.32. The summed E-state index contributed by atoms with van der Waals surface area (Å²) >= 11 is 0. The number of nitrogens with zero attached hydrogens (tertiary/aromatic N) is 4. The number of nitrogens with one attached hydrogen (secondary N) is 1. The molecule has 0 saturated carbocycles. The average Bonchev–Trinajstić information content (AvgIpc) is 2.98. The smallest absolute Gasteiger partial charge is 0.262 e. The third-order valence-corrected chi connectivity index (χ3v) is 4.42. The molecule has 0 spiro atoms. The van der Waals surface area contributed by atoms with Gasteiger partial charge in [0.2, 0.25) is 0 Å². The van der Waals surface area contributed by atoms with Crippen molar-refractivity contribution in [2.75, 3.05) is 19.7 Å². The predicted octanol–water partition coefficient (Wildman–Crippen LogP) is 1.37. The van der Waals surface area contributed by atoms with E-state index in [1.54, 1.807) is 23.9 Å². The van der Waals surface area contributed by atoms with E-state index >= 15 is 0 Å². The second-order valence-corrected chi connectivity index (χ2v) is 6.16. The SMILES string of the molecule is Cn1ncc2c(=O)[nH]c(CN3CCO[C@@H](c4ccc(F)cc4)C3)nc21. The summed E-state index contributed by atoms with van der Waals surface area (Å²) in [5.74, 6) is 0.337. The van der Waals surface area contributed by atoms with E-state index in [1.807, 2.05) is 0 Å². The Morgan fingerprint density at radius 3 is 2.96 bits per heavy atom. The van der Waals surface area contributed by atoms with E-state index in [2.05, 4.69) is 20.0 Å². The minimum Gasteiger partial charge on any atom is -0.371 e. The van der Waals surface area contributed by atoms with Crippen LogP contribution in [-0.4, -0.2) is 44.3 Å². The van der Waals surface area contributed by atoms with Crippen LogP contribution < -0.4 is 5.56 Å². The van der Waals surface area contributed by atoms with Crippen LogP contribution in [-0.2, 0) is 18.3 Å². The number of rotatable bonds is 3. The fraction of sp³-hybridized carbons (Fsp3) is 0.353. The normalized spacial score (nSPS) is 18.7. The van der Waals surface area contributed by atoms with Crippen molar-refractivity contribution in [3.8, 4) is 0 Å². The number of aromatic amines is 1. The van der Waals surface area contributed by atoms with Gasteiger partial charge in [-0.1, -0.05) is 12.1 Å². The molecule has 0 unspecified atom stereocenters. The van der Waals surface area contributed by atoms with Crippen LogP contribution in [0.5, 0.6) is 0 Å². The van der Waals surface area contributed by atoms with E-state index in [0.29, 0.717) is 36.6 Å². The monoisotopic (exact) mass is 343 g/mol. The predicted molar refractivity (Wildman–Crippen MR) is 89.5 cm³/mol. The molecule has 8 heteroatoms. The van der Waals surface area contributed by atoms with Gasteiger partial charge in [0.25, 0.3) is 5.56 Å². The number of halogens is 1. The molecule has 0 amide bonds. The van der Waals surface area contributed by atoms with Crippen LogP contribution in [0, 0.1) is 5.82 Å². The first-order valence-corrected chi connectivity index (χ1v) is 8.10.